The first-order valence-electron chi connectivity index (χ1n) is 6.73. The first kappa shape index (κ1) is 11.5. The quantitative estimate of drug-likeness (QED) is 0.787. The van der Waals surface area contributed by atoms with Gasteiger partial charge >= 0.3 is 5.97 Å². The lowest BCUT2D eigenvalue weighted by Gasteiger charge is -2.54. The molecule has 17 heavy (non-hydrogen) atoms. The van der Waals surface area contributed by atoms with Gasteiger partial charge in [-0.1, -0.05) is 6.92 Å². The second kappa shape index (κ2) is 3.95. The van der Waals surface area contributed by atoms with E-state index in [9.17, 15) is 4.79 Å². The molecule has 0 aliphatic carbocycles. The van der Waals surface area contributed by atoms with Crippen molar-refractivity contribution in [2.45, 2.75) is 19.8 Å². The molecular formula is C13H22N2O2. The van der Waals surface area contributed by atoms with E-state index in [0.717, 1.165) is 6.42 Å². The summed E-state index contributed by atoms with van der Waals surface area (Å²) in [5.74, 6) is 0.675. The summed E-state index contributed by atoms with van der Waals surface area (Å²) in [7, 11) is 0. The molecule has 0 amide bonds. The fraction of sp³-hybridized carbons (Fsp3) is 0.923. The third kappa shape index (κ3) is 1.97. The number of piperidine rings is 2. The predicted molar refractivity (Wildman–Crippen MR) is 64.8 cm³/mol. The minimum atomic E-state index is -0.638. The van der Waals surface area contributed by atoms with Crippen LogP contribution in [-0.2, 0) is 4.79 Å². The van der Waals surface area contributed by atoms with Crippen LogP contribution < -0.4 is 0 Å². The highest BCUT2D eigenvalue weighted by Gasteiger charge is 2.50. The smallest absolute Gasteiger partial charge is 0.303 e. The lowest BCUT2D eigenvalue weighted by Crippen LogP contribution is -2.59. The van der Waals surface area contributed by atoms with Crippen LogP contribution in [0.1, 0.15) is 19.8 Å². The first-order valence-corrected chi connectivity index (χ1v) is 6.73. The Morgan fingerprint density at radius 3 is 2.35 bits per heavy atom. The van der Waals surface area contributed by atoms with Gasteiger partial charge in [0.1, 0.15) is 0 Å². The normalized spacial score (nSPS) is 48.1. The number of hydrogen-bond acceptors (Lipinski definition) is 3. The minimum Gasteiger partial charge on any atom is -0.481 e. The predicted octanol–water partition coefficient (Wildman–Crippen LogP) is 0.735. The maximum atomic E-state index is 10.8. The maximum absolute atomic E-state index is 10.8. The Morgan fingerprint density at radius 1 is 1.29 bits per heavy atom. The molecule has 3 atom stereocenters. The van der Waals surface area contributed by atoms with Crippen LogP contribution in [0.25, 0.3) is 0 Å². The highest BCUT2D eigenvalue weighted by Crippen LogP contribution is 2.46. The summed E-state index contributed by atoms with van der Waals surface area (Å²) in [5.41, 5.74) is 0.327. The molecule has 0 radical (unpaired) electrons. The average Bonchev–Trinajstić information content (AvgIpc) is 2.44. The number of rotatable bonds is 3. The average molecular weight is 238 g/mol. The third-order valence-corrected chi connectivity index (χ3v) is 5.02. The number of carbonyl (C=O) groups is 1. The van der Waals surface area contributed by atoms with Crippen molar-refractivity contribution >= 4 is 5.97 Å². The molecule has 3 unspecified atom stereocenters. The second-order valence-electron chi connectivity index (χ2n) is 6.42. The Labute approximate surface area is 103 Å². The van der Waals surface area contributed by atoms with Crippen molar-refractivity contribution in [3.8, 4) is 0 Å². The van der Waals surface area contributed by atoms with Gasteiger partial charge in [-0.2, -0.15) is 0 Å². The van der Waals surface area contributed by atoms with E-state index < -0.39 is 5.97 Å². The third-order valence-electron chi connectivity index (χ3n) is 5.02. The molecule has 0 aromatic carbocycles. The van der Waals surface area contributed by atoms with Gasteiger partial charge in [-0.15, -0.1) is 0 Å². The SMILES string of the molecule is CC12CN3CCN(CC(C3)C1CCC(=O)O)C2. The van der Waals surface area contributed by atoms with Gasteiger partial charge in [0.05, 0.1) is 0 Å². The molecule has 4 heteroatoms. The van der Waals surface area contributed by atoms with E-state index in [1.165, 1.54) is 39.3 Å². The standard InChI is InChI=1S/C13H22N2O2/c1-13-8-14-4-5-15(9-13)7-10(6-14)11(13)2-3-12(16)17/h10-11H,2-9H2,1H3,(H,16,17). The van der Waals surface area contributed by atoms with Gasteiger partial charge in [-0.25, -0.2) is 0 Å². The molecule has 4 aliphatic heterocycles. The van der Waals surface area contributed by atoms with Gasteiger partial charge in [-0.05, 0) is 23.7 Å². The van der Waals surface area contributed by atoms with Crippen molar-refractivity contribution in [3.63, 3.8) is 0 Å². The molecule has 0 aromatic rings. The molecule has 4 nitrogen and oxygen atoms in total. The highest BCUT2D eigenvalue weighted by molar-refractivity contribution is 5.66. The van der Waals surface area contributed by atoms with Gasteiger partial charge in [0, 0.05) is 45.7 Å². The van der Waals surface area contributed by atoms with E-state index in [2.05, 4.69) is 16.7 Å². The Morgan fingerprint density at radius 2 is 1.88 bits per heavy atom. The van der Waals surface area contributed by atoms with Crippen LogP contribution in [0.15, 0.2) is 0 Å². The molecule has 4 saturated heterocycles. The van der Waals surface area contributed by atoms with Crippen molar-refractivity contribution in [1.29, 1.82) is 0 Å². The number of hydrogen-bond donors (Lipinski definition) is 1. The van der Waals surface area contributed by atoms with Crippen molar-refractivity contribution in [3.05, 3.63) is 0 Å². The monoisotopic (exact) mass is 238 g/mol. The first-order chi connectivity index (χ1) is 8.07. The zero-order valence-corrected chi connectivity index (χ0v) is 10.6. The molecule has 4 bridgehead atoms. The summed E-state index contributed by atoms with van der Waals surface area (Å²) < 4.78 is 0. The molecule has 0 saturated carbocycles. The van der Waals surface area contributed by atoms with Crippen LogP contribution in [0.2, 0.25) is 0 Å². The Hall–Kier alpha value is -0.610. The van der Waals surface area contributed by atoms with Crippen LogP contribution in [0, 0.1) is 17.3 Å². The fourth-order valence-corrected chi connectivity index (χ4v) is 4.47. The number of fused-ring (bicyclic) bond motifs is 1. The molecule has 96 valence electrons. The van der Waals surface area contributed by atoms with Crippen LogP contribution >= 0.6 is 0 Å². The van der Waals surface area contributed by atoms with Gasteiger partial charge in [-0.3, -0.25) is 4.79 Å². The number of nitrogens with zero attached hydrogens (tertiary/aromatic N) is 2. The molecule has 4 fully saturated rings. The summed E-state index contributed by atoms with van der Waals surface area (Å²) in [6, 6.07) is 0. The summed E-state index contributed by atoms with van der Waals surface area (Å²) in [6.07, 6.45) is 1.22. The Balaban J connectivity index is 1.79. The number of carboxylic acids is 1. The summed E-state index contributed by atoms with van der Waals surface area (Å²) >= 11 is 0. The van der Waals surface area contributed by atoms with E-state index in [1.807, 2.05) is 0 Å². The van der Waals surface area contributed by atoms with Crippen molar-refractivity contribution < 1.29 is 9.90 Å². The van der Waals surface area contributed by atoms with Gasteiger partial charge in [0.25, 0.3) is 0 Å². The lowest BCUT2D eigenvalue weighted by molar-refractivity contribution is -0.138. The zero-order chi connectivity index (χ0) is 12.0. The molecule has 1 N–H and O–H groups in total. The van der Waals surface area contributed by atoms with Gasteiger partial charge in [0.15, 0.2) is 0 Å². The highest BCUT2D eigenvalue weighted by atomic mass is 16.4. The number of carboxylic acid groups (broad SMARTS) is 1. The van der Waals surface area contributed by atoms with E-state index in [4.69, 9.17) is 5.11 Å². The van der Waals surface area contributed by atoms with E-state index in [1.54, 1.807) is 0 Å². The van der Waals surface area contributed by atoms with Crippen LogP contribution in [0.5, 0.6) is 0 Å². The maximum Gasteiger partial charge on any atom is 0.303 e. The molecule has 4 rings (SSSR count). The lowest BCUT2D eigenvalue weighted by atomic mass is 9.63. The van der Waals surface area contributed by atoms with Crippen molar-refractivity contribution in [1.82, 2.24) is 9.80 Å². The molecule has 0 aromatic heterocycles. The molecule has 4 heterocycles. The largest absolute Gasteiger partial charge is 0.481 e. The van der Waals surface area contributed by atoms with Crippen LogP contribution in [0.4, 0.5) is 0 Å². The van der Waals surface area contributed by atoms with Crippen molar-refractivity contribution in [2.75, 3.05) is 39.3 Å². The second-order valence-corrected chi connectivity index (χ2v) is 6.42. The molecule has 4 aliphatic rings. The van der Waals surface area contributed by atoms with Gasteiger partial charge < -0.3 is 14.9 Å². The van der Waals surface area contributed by atoms with Crippen molar-refractivity contribution in [2.24, 2.45) is 17.3 Å². The fourth-order valence-electron chi connectivity index (χ4n) is 4.47. The Bertz CT molecular complexity index is 315. The molecular weight excluding hydrogens is 216 g/mol. The van der Waals surface area contributed by atoms with Crippen LogP contribution in [0.3, 0.4) is 0 Å². The number of aliphatic carboxylic acids is 1. The zero-order valence-electron chi connectivity index (χ0n) is 10.6. The summed E-state index contributed by atoms with van der Waals surface area (Å²) in [5, 5.41) is 8.89. The summed E-state index contributed by atoms with van der Waals surface area (Å²) in [6.45, 7) is 9.51. The van der Waals surface area contributed by atoms with E-state index in [0.29, 0.717) is 23.7 Å². The van der Waals surface area contributed by atoms with E-state index in [-0.39, 0.29) is 0 Å². The van der Waals surface area contributed by atoms with E-state index >= 15 is 0 Å². The molecule has 0 spiro atoms. The topological polar surface area (TPSA) is 43.8 Å². The van der Waals surface area contributed by atoms with Gasteiger partial charge in [0.2, 0.25) is 0 Å². The summed E-state index contributed by atoms with van der Waals surface area (Å²) in [4.78, 5) is 16.0. The minimum absolute atomic E-state index is 0.327. The van der Waals surface area contributed by atoms with Crippen LogP contribution in [-0.4, -0.2) is 60.1 Å². The Kier molecular flexibility index (Phi) is 2.67.